The maximum absolute atomic E-state index is 5.90. The van der Waals surface area contributed by atoms with Crippen LogP contribution in [0.2, 0.25) is 0 Å². The van der Waals surface area contributed by atoms with Gasteiger partial charge in [-0.2, -0.15) is 0 Å². The molecule has 0 aromatic heterocycles. The number of nitrogens with zero attached hydrogens (tertiary/aromatic N) is 1. The first-order valence-corrected chi connectivity index (χ1v) is 10.3. The number of benzene rings is 3. The van der Waals surface area contributed by atoms with Crippen LogP contribution in [0.5, 0.6) is 5.75 Å². The summed E-state index contributed by atoms with van der Waals surface area (Å²) in [7, 11) is 6.51. The average Bonchev–Trinajstić information content (AvgIpc) is 2.69. The summed E-state index contributed by atoms with van der Waals surface area (Å²) in [5.74, 6) is 0.901. The van der Waals surface area contributed by atoms with Crippen LogP contribution in [0.15, 0.2) is 84.9 Å². The number of hydrogen-bond donors (Lipinski definition) is 0. The van der Waals surface area contributed by atoms with Gasteiger partial charge in [0.2, 0.25) is 0 Å². The van der Waals surface area contributed by atoms with E-state index in [0.717, 1.165) is 26.8 Å². The van der Waals surface area contributed by atoms with Gasteiger partial charge in [0, 0.05) is 10.1 Å². The summed E-state index contributed by atoms with van der Waals surface area (Å²) in [6.07, 6.45) is 0. The first kappa shape index (κ1) is 20.4. The number of quaternary nitrogens is 1. The van der Waals surface area contributed by atoms with Crippen molar-refractivity contribution in [2.45, 2.75) is 0 Å². The maximum atomic E-state index is 5.90. The van der Waals surface area contributed by atoms with Crippen molar-refractivity contribution >= 4 is 26.0 Å². The standard InChI is InChI=1S/C25H27BrNO/c1-27(2,3)18-19-28-23-16-14-22(15-17-23)25(26)24(20-10-6-4-7-11-20)21-12-8-5-9-13-21/h4-17H,18-19H2,1-3H3/q+1. The maximum Gasteiger partial charge on any atom is 0.137 e. The number of rotatable bonds is 7. The van der Waals surface area contributed by atoms with Crippen molar-refractivity contribution < 1.29 is 9.22 Å². The molecule has 3 heteroatoms. The molecule has 0 aliphatic heterocycles. The summed E-state index contributed by atoms with van der Waals surface area (Å²) in [6, 6.07) is 29.3. The van der Waals surface area contributed by atoms with Crippen molar-refractivity contribution in [2.24, 2.45) is 0 Å². The molecular formula is C25H27BrNO+. The van der Waals surface area contributed by atoms with Gasteiger partial charge in [0.15, 0.2) is 0 Å². The van der Waals surface area contributed by atoms with Gasteiger partial charge in [-0.15, -0.1) is 0 Å². The van der Waals surface area contributed by atoms with Crippen LogP contribution in [0.1, 0.15) is 16.7 Å². The van der Waals surface area contributed by atoms with Gasteiger partial charge in [-0.05, 0) is 44.8 Å². The lowest BCUT2D eigenvalue weighted by Crippen LogP contribution is -2.38. The second-order valence-corrected chi connectivity index (χ2v) is 8.60. The second kappa shape index (κ2) is 9.22. The Morgan fingerprint density at radius 1 is 0.714 bits per heavy atom. The van der Waals surface area contributed by atoms with Crippen LogP contribution >= 0.6 is 15.9 Å². The lowest BCUT2D eigenvalue weighted by atomic mass is 9.95. The molecule has 2 nitrogen and oxygen atoms in total. The zero-order valence-electron chi connectivity index (χ0n) is 16.7. The molecule has 0 saturated carbocycles. The van der Waals surface area contributed by atoms with Gasteiger partial charge >= 0.3 is 0 Å². The van der Waals surface area contributed by atoms with E-state index in [2.05, 4.69) is 97.7 Å². The van der Waals surface area contributed by atoms with E-state index in [-0.39, 0.29) is 0 Å². The van der Waals surface area contributed by atoms with Crippen LogP contribution < -0.4 is 4.74 Å². The van der Waals surface area contributed by atoms with E-state index in [1.165, 1.54) is 16.7 Å². The monoisotopic (exact) mass is 436 g/mol. The van der Waals surface area contributed by atoms with E-state index < -0.39 is 0 Å². The Balaban J connectivity index is 1.89. The van der Waals surface area contributed by atoms with Crippen molar-refractivity contribution in [1.29, 1.82) is 0 Å². The first-order chi connectivity index (χ1) is 13.4. The third-order valence-corrected chi connectivity index (χ3v) is 5.34. The molecule has 0 bridgehead atoms. The molecule has 0 spiro atoms. The molecule has 0 atom stereocenters. The van der Waals surface area contributed by atoms with Crippen molar-refractivity contribution in [3.8, 4) is 5.75 Å². The van der Waals surface area contributed by atoms with E-state index in [4.69, 9.17) is 4.74 Å². The first-order valence-electron chi connectivity index (χ1n) is 9.48. The quantitative estimate of drug-likeness (QED) is 0.321. The molecule has 0 N–H and O–H groups in total. The van der Waals surface area contributed by atoms with Crippen LogP contribution in [-0.2, 0) is 0 Å². The van der Waals surface area contributed by atoms with E-state index in [0.29, 0.717) is 6.61 Å². The third-order valence-electron chi connectivity index (χ3n) is 4.48. The van der Waals surface area contributed by atoms with Gasteiger partial charge in [0.25, 0.3) is 0 Å². The zero-order valence-corrected chi connectivity index (χ0v) is 18.3. The lowest BCUT2D eigenvalue weighted by molar-refractivity contribution is -0.870. The van der Waals surface area contributed by atoms with Crippen molar-refractivity contribution in [3.63, 3.8) is 0 Å². The highest BCUT2D eigenvalue weighted by atomic mass is 79.9. The second-order valence-electron chi connectivity index (χ2n) is 7.81. The van der Waals surface area contributed by atoms with Gasteiger partial charge in [-0.25, -0.2) is 0 Å². The minimum absolute atomic E-state index is 0.707. The summed E-state index contributed by atoms with van der Waals surface area (Å²) in [5, 5.41) is 0. The molecule has 0 heterocycles. The van der Waals surface area contributed by atoms with Crippen LogP contribution in [0.25, 0.3) is 10.1 Å². The number of halogens is 1. The zero-order chi connectivity index (χ0) is 20.0. The van der Waals surface area contributed by atoms with Gasteiger partial charge in [0.05, 0.1) is 21.1 Å². The van der Waals surface area contributed by atoms with Crippen molar-refractivity contribution in [2.75, 3.05) is 34.3 Å². The Morgan fingerprint density at radius 3 is 1.68 bits per heavy atom. The Morgan fingerprint density at radius 2 is 1.21 bits per heavy atom. The minimum atomic E-state index is 0.707. The van der Waals surface area contributed by atoms with E-state index >= 15 is 0 Å². The Kier molecular flexibility index (Phi) is 6.71. The van der Waals surface area contributed by atoms with E-state index in [1.807, 2.05) is 24.3 Å². The highest BCUT2D eigenvalue weighted by molar-refractivity contribution is 9.15. The summed E-state index contributed by atoms with van der Waals surface area (Å²) < 4.78 is 7.86. The topological polar surface area (TPSA) is 9.23 Å². The van der Waals surface area contributed by atoms with E-state index in [9.17, 15) is 0 Å². The Bertz CT molecular complexity index is 869. The normalized spacial score (nSPS) is 11.1. The summed E-state index contributed by atoms with van der Waals surface area (Å²) in [5.41, 5.74) is 4.68. The molecule has 0 radical (unpaired) electrons. The fourth-order valence-corrected chi connectivity index (χ4v) is 3.63. The van der Waals surface area contributed by atoms with Gasteiger partial charge in [-0.3, -0.25) is 0 Å². The van der Waals surface area contributed by atoms with E-state index in [1.54, 1.807) is 0 Å². The van der Waals surface area contributed by atoms with Crippen LogP contribution in [0.4, 0.5) is 0 Å². The van der Waals surface area contributed by atoms with Crippen molar-refractivity contribution in [3.05, 3.63) is 102 Å². The van der Waals surface area contributed by atoms with Crippen LogP contribution in [0.3, 0.4) is 0 Å². The van der Waals surface area contributed by atoms with Gasteiger partial charge < -0.3 is 9.22 Å². The fourth-order valence-electron chi connectivity index (χ4n) is 2.91. The predicted octanol–water partition coefficient (Wildman–Crippen LogP) is 6.08. The molecule has 0 amide bonds. The summed E-state index contributed by atoms with van der Waals surface area (Å²) in [6.45, 7) is 1.68. The molecule has 3 aromatic rings. The molecule has 0 fully saturated rings. The van der Waals surface area contributed by atoms with Crippen LogP contribution in [0, 0.1) is 0 Å². The number of ether oxygens (including phenoxy) is 1. The van der Waals surface area contributed by atoms with Crippen LogP contribution in [-0.4, -0.2) is 38.8 Å². The lowest BCUT2D eigenvalue weighted by Gasteiger charge is -2.23. The molecular weight excluding hydrogens is 410 g/mol. The SMILES string of the molecule is C[N+](C)(C)CCOc1ccc(C(Br)=C(c2ccccc2)c2ccccc2)cc1. The fraction of sp³-hybridized carbons (Fsp3) is 0.200. The average molecular weight is 437 g/mol. The molecule has 3 rings (SSSR count). The molecule has 3 aromatic carbocycles. The largest absolute Gasteiger partial charge is 0.488 e. The molecule has 144 valence electrons. The van der Waals surface area contributed by atoms with Gasteiger partial charge in [-0.1, -0.05) is 72.8 Å². The van der Waals surface area contributed by atoms with Crippen molar-refractivity contribution in [1.82, 2.24) is 0 Å². The summed E-state index contributed by atoms with van der Waals surface area (Å²) in [4.78, 5) is 0. The molecule has 0 aliphatic rings. The molecule has 28 heavy (non-hydrogen) atoms. The number of likely N-dealkylation sites (N-methyl/N-ethyl adjacent to an activating group) is 1. The Hall–Kier alpha value is -2.36. The van der Waals surface area contributed by atoms with Gasteiger partial charge in [0.1, 0.15) is 18.9 Å². The highest BCUT2D eigenvalue weighted by Gasteiger charge is 2.12. The minimum Gasteiger partial charge on any atom is -0.488 e. The third kappa shape index (κ3) is 5.57. The Labute approximate surface area is 176 Å². The molecule has 0 unspecified atom stereocenters. The molecule has 0 aliphatic carbocycles. The predicted molar refractivity (Wildman–Crippen MR) is 123 cm³/mol. The smallest absolute Gasteiger partial charge is 0.137 e. The summed E-state index contributed by atoms with van der Waals surface area (Å²) >= 11 is 3.87. The highest BCUT2D eigenvalue weighted by Crippen LogP contribution is 2.36. The number of hydrogen-bond acceptors (Lipinski definition) is 1. The molecule has 0 saturated heterocycles.